The Hall–Kier alpha value is -4.08. The summed E-state index contributed by atoms with van der Waals surface area (Å²) in [4.78, 5) is 64.9. The first kappa shape index (κ1) is 26.2. The Balaban J connectivity index is 1.76. The maximum absolute atomic E-state index is 12.2. The zero-order valence-corrected chi connectivity index (χ0v) is 18.1. The first-order chi connectivity index (χ1) is 16.0. The minimum Gasteiger partial charge on any atom is -0.352 e. The number of amides is 3. The van der Waals surface area contributed by atoms with Crippen molar-refractivity contribution in [2.24, 2.45) is 5.11 Å². The van der Waals surface area contributed by atoms with Gasteiger partial charge in [-0.25, -0.2) is 4.79 Å². The summed E-state index contributed by atoms with van der Waals surface area (Å²) in [6.07, 6.45) is -0.0719. The van der Waals surface area contributed by atoms with E-state index in [0.29, 0.717) is 12.8 Å². The molecule has 0 aliphatic carbocycles. The second-order valence-electron chi connectivity index (χ2n) is 6.91. The maximum atomic E-state index is 12.2. The number of carbonyl (C=O) groups is 4. The Labute approximate surface area is 191 Å². The highest BCUT2D eigenvalue weighted by Crippen LogP contribution is 2.25. The fourth-order valence-corrected chi connectivity index (χ4v) is 3.61. The van der Waals surface area contributed by atoms with Crippen LogP contribution in [0.3, 0.4) is 0 Å². The lowest BCUT2D eigenvalue weighted by atomic mass is 10.1. The maximum Gasteiger partial charge on any atom is 0.333 e. The van der Waals surface area contributed by atoms with Crippen molar-refractivity contribution in [3.8, 4) is 0 Å². The van der Waals surface area contributed by atoms with Gasteiger partial charge in [0, 0.05) is 29.6 Å². The van der Waals surface area contributed by atoms with Crippen molar-refractivity contribution < 1.29 is 41.9 Å². The second-order valence-corrected chi connectivity index (χ2v) is 8.51. The van der Waals surface area contributed by atoms with Gasteiger partial charge in [-0.05, 0) is 24.4 Å². The molecule has 1 atom stereocenters. The van der Waals surface area contributed by atoms with Gasteiger partial charge < -0.3 is 10.2 Å². The number of rotatable bonds is 11. The molecule has 17 heteroatoms. The molecule has 1 unspecified atom stereocenters. The molecule has 0 saturated carbocycles. The number of imide groups is 1. The molecule has 0 radical (unpaired) electrons. The third kappa shape index (κ3) is 6.71. The molecule has 0 bridgehead atoms. The summed E-state index contributed by atoms with van der Waals surface area (Å²) in [7, 11) is -4.81. The van der Waals surface area contributed by atoms with E-state index in [4.69, 9.17) is 10.1 Å². The van der Waals surface area contributed by atoms with E-state index in [1.54, 1.807) is 0 Å². The van der Waals surface area contributed by atoms with Crippen LogP contribution in [0.25, 0.3) is 10.4 Å². The molecule has 182 valence electrons. The molecule has 34 heavy (non-hydrogen) atoms. The summed E-state index contributed by atoms with van der Waals surface area (Å²) in [6, 6.07) is 3.37. The van der Waals surface area contributed by atoms with Crippen molar-refractivity contribution in [2.45, 2.75) is 37.4 Å². The van der Waals surface area contributed by atoms with E-state index < -0.39 is 56.1 Å². The molecule has 1 aliphatic rings. The molecule has 0 aromatic heterocycles. The first-order valence-electron chi connectivity index (χ1n) is 9.61. The molecule has 2 N–H and O–H groups in total. The van der Waals surface area contributed by atoms with E-state index in [0.717, 1.165) is 12.1 Å². The normalized spacial score (nSPS) is 15.6. The van der Waals surface area contributed by atoms with E-state index in [1.807, 2.05) is 0 Å². The van der Waals surface area contributed by atoms with E-state index in [9.17, 15) is 37.7 Å². The number of nitrogens with zero attached hydrogens (tertiary/aromatic N) is 5. The summed E-state index contributed by atoms with van der Waals surface area (Å²) in [5.74, 6) is -4.13. The van der Waals surface area contributed by atoms with Crippen LogP contribution in [0.4, 0.5) is 11.4 Å². The number of nitro groups is 1. The average Bonchev–Trinajstić information content (AvgIpc) is 3.04. The Morgan fingerprint density at radius 1 is 1.32 bits per heavy atom. The molecule has 1 saturated heterocycles. The highest BCUT2D eigenvalue weighted by Gasteiger charge is 2.48. The second kappa shape index (κ2) is 11.2. The van der Waals surface area contributed by atoms with Crippen LogP contribution < -0.4 is 5.32 Å². The number of hydrogen-bond donors (Lipinski definition) is 2. The van der Waals surface area contributed by atoms with E-state index in [2.05, 4.69) is 20.2 Å². The van der Waals surface area contributed by atoms with E-state index in [1.165, 1.54) is 6.07 Å². The van der Waals surface area contributed by atoms with Gasteiger partial charge in [0.05, 0.1) is 11.3 Å². The van der Waals surface area contributed by atoms with Gasteiger partial charge in [0.25, 0.3) is 33.5 Å². The summed E-state index contributed by atoms with van der Waals surface area (Å²) in [6.45, 7) is 0.113. The van der Waals surface area contributed by atoms with Crippen LogP contribution in [0.2, 0.25) is 0 Å². The molecule has 3 amide bonds. The molecule has 1 aromatic carbocycles. The monoisotopic (exact) mass is 498 g/mol. The third-order valence-corrected chi connectivity index (χ3v) is 5.63. The van der Waals surface area contributed by atoms with Gasteiger partial charge in [-0.15, -0.1) is 5.06 Å². The quantitative estimate of drug-likeness (QED) is 0.0647. The van der Waals surface area contributed by atoms with Gasteiger partial charge in [0.1, 0.15) is 5.56 Å². The molecule has 1 aliphatic heterocycles. The summed E-state index contributed by atoms with van der Waals surface area (Å²) in [5, 5.41) is 14.9. The highest BCUT2D eigenvalue weighted by molar-refractivity contribution is 7.87. The third-order valence-electron chi connectivity index (χ3n) is 4.54. The lowest BCUT2D eigenvalue weighted by molar-refractivity contribution is -0.385. The number of unbranched alkanes of at least 4 members (excludes halogenated alkanes) is 2. The molecular formula is C17H18N6O10S. The van der Waals surface area contributed by atoms with E-state index >= 15 is 0 Å². The van der Waals surface area contributed by atoms with Gasteiger partial charge in [0.15, 0.2) is 5.25 Å². The van der Waals surface area contributed by atoms with Crippen molar-refractivity contribution in [2.75, 3.05) is 6.54 Å². The Morgan fingerprint density at radius 2 is 2.03 bits per heavy atom. The molecule has 1 heterocycles. The van der Waals surface area contributed by atoms with Gasteiger partial charge in [-0.3, -0.25) is 29.1 Å². The molecule has 2 rings (SSSR count). The lowest BCUT2D eigenvalue weighted by Gasteiger charge is -2.13. The largest absolute Gasteiger partial charge is 0.352 e. The number of benzene rings is 1. The van der Waals surface area contributed by atoms with Crippen LogP contribution in [-0.4, -0.2) is 58.4 Å². The number of nitrogens with one attached hydrogen (secondary N) is 1. The average molecular weight is 498 g/mol. The predicted octanol–water partition coefficient (Wildman–Crippen LogP) is 1.30. The number of azide groups is 1. The van der Waals surface area contributed by atoms with Crippen LogP contribution >= 0.6 is 0 Å². The Bertz CT molecular complexity index is 1180. The zero-order chi connectivity index (χ0) is 25.5. The minimum atomic E-state index is -4.81. The Morgan fingerprint density at radius 3 is 2.62 bits per heavy atom. The van der Waals surface area contributed by atoms with Crippen molar-refractivity contribution in [3.05, 3.63) is 44.3 Å². The predicted molar refractivity (Wildman–Crippen MR) is 111 cm³/mol. The molecule has 16 nitrogen and oxygen atoms in total. The summed E-state index contributed by atoms with van der Waals surface area (Å²) < 4.78 is 31.0. The number of carbonyl (C=O) groups excluding carboxylic acids is 4. The fraction of sp³-hybridized carbons (Fsp3) is 0.412. The number of hydroxylamine groups is 2. The van der Waals surface area contributed by atoms with Crippen molar-refractivity contribution in [1.29, 1.82) is 0 Å². The van der Waals surface area contributed by atoms with Crippen LogP contribution in [0, 0.1) is 10.1 Å². The van der Waals surface area contributed by atoms with Crippen LogP contribution in [0.15, 0.2) is 23.3 Å². The Kier molecular flexibility index (Phi) is 8.60. The van der Waals surface area contributed by atoms with Gasteiger partial charge in [-0.1, -0.05) is 17.6 Å². The fourth-order valence-electron chi connectivity index (χ4n) is 2.90. The van der Waals surface area contributed by atoms with Gasteiger partial charge >= 0.3 is 5.97 Å². The molecule has 1 fully saturated rings. The smallest absolute Gasteiger partial charge is 0.333 e. The molecule has 0 spiro atoms. The lowest BCUT2D eigenvalue weighted by Crippen LogP contribution is -2.36. The molecule has 1 aromatic rings. The van der Waals surface area contributed by atoms with E-state index in [-0.39, 0.29) is 35.7 Å². The topological polar surface area (TPSA) is 239 Å². The van der Waals surface area contributed by atoms with Crippen LogP contribution in [-0.2, 0) is 29.3 Å². The van der Waals surface area contributed by atoms with Crippen molar-refractivity contribution in [1.82, 2.24) is 10.4 Å². The number of nitro benzene ring substituents is 1. The zero-order valence-electron chi connectivity index (χ0n) is 17.3. The minimum absolute atomic E-state index is 0.0150. The first-order valence-corrected chi connectivity index (χ1v) is 11.1. The van der Waals surface area contributed by atoms with Crippen LogP contribution in [0.5, 0.6) is 0 Å². The highest BCUT2D eigenvalue weighted by atomic mass is 32.2. The standard InChI is InChI=1S/C17H18N6O10S/c18-21-20-10-5-6-11(12(8-10)23(28)29)16(26)19-7-3-1-2-4-15(25)33-22-14(24)9-13(17(22)27)34(30,31)32/h5-6,8,13H,1-4,7,9H2,(H,19,26)(H,30,31,32). The van der Waals surface area contributed by atoms with Crippen LogP contribution in [0.1, 0.15) is 42.5 Å². The summed E-state index contributed by atoms with van der Waals surface area (Å²) in [5.41, 5.74) is 7.61. The SMILES string of the molecule is [N-]=[N+]=Nc1ccc(C(=O)NCCCCCC(=O)ON2C(=O)CC(S(=O)(=O)O)C2=O)c([N+](=O)[O-])c1. The number of hydrogen-bond acceptors (Lipinski definition) is 10. The molecular weight excluding hydrogens is 480 g/mol. The summed E-state index contributed by atoms with van der Waals surface area (Å²) >= 11 is 0. The van der Waals surface area contributed by atoms with Gasteiger partial charge in [-0.2, -0.15) is 8.42 Å². The van der Waals surface area contributed by atoms with Crippen molar-refractivity contribution in [3.63, 3.8) is 0 Å². The van der Waals surface area contributed by atoms with Crippen molar-refractivity contribution >= 4 is 45.2 Å². The van der Waals surface area contributed by atoms with Gasteiger partial charge in [0.2, 0.25) is 0 Å².